The van der Waals surface area contributed by atoms with E-state index in [4.69, 9.17) is 0 Å². The third kappa shape index (κ3) is 3.40. The number of amides is 2. The fourth-order valence-corrected chi connectivity index (χ4v) is 3.80. The maximum atomic E-state index is 12.8. The average Bonchev–Trinajstić information content (AvgIpc) is 2.56. The first kappa shape index (κ1) is 15.5. The Morgan fingerprint density at radius 2 is 1.95 bits per heavy atom. The summed E-state index contributed by atoms with van der Waals surface area (Å²) >= 11 is 0. The number of nitrogens with zero attached hydrogens (tertiary/aromatic N) is 1. The first-order valence-electron chi connectivity index (χ1n) is 7.53. The fourth-order valence-electron chi connectivity index (χ4n) is 3.09. The molecule has 0 aromatic carbocycles. The highest BCUT2D eigenvalue weighted by atomic mass is 32.2. The molecule has 2 aliphatic rings. The lowest BCUT2D eigenvalue weighted by Crippen LogP contribution is -2.58. The summed E-state index contributed by atoms with van der Waals surface area (Å²) in [4.78, 5) is 26.4. The summed E-state index contributed by atoms with van der Waals surface area (Å²) in [6.07, 6.45) is 4.94. The van der Waals surface area contributed by atoms with E-state index in [-0.39, 0.29) is 11.8 Å². The van der Waals surface area contributed by atoms with E-state index in [1.807, 2.05) is 6.92 Å². The molecule has 0 aromatic rings. The summed E-state index contributed by atoms with van der Waals surface area (Å²) in [7, 11) is -0.874. The van der Waals surface area contributed by atoms with Gasteiger partial charge in [-0.25, -0.2) is 0 Å². The first-order chi connectivity index (χ1) is 9.57. The van der Waals surface area contributed by atoms with E-state index in [0.29, 0.717) is 31.0 Å². The molecule has 2 amide bonds. The predicted octanol–water partition coefficient (Wildman–Crippen LogP) is 0.806. The molecule has 20 heavy (non-hydrogen) atoms. The monoisotopic (exact) mass is 300 g/mol. The van der Waals surface area contributed by atoms with Crippen molar-refractivity contribution < 1.29 is 13.8 Å². The molecule has 5 nitrogen and oxygen atoms in total. The first-order valence-corrected chi connectivity index (χ1v) is 9.01. The molecule has 0 bridgehead atoms. The summed E-state index contributed by atoms with van der Waals surface area (Å²) < 4.78 is 11.6. The Bertz CT molecular complexity index is 405. The minimum atomic E-state index is -0.874. The van der Waals surface area contributed by atoms with Crippen molar-refractivity contribution in [3.8, 4) is 0 Å². The van der Waals surface area contributed by atoms with Crippen LogP contribution < -0.4 is 5.32 Å². The van der Waals surface area contributed by atoms with Crippen LogP contribution >= 0.6 is 0 Å². The number of hydrogen-bond donors (Lipinski definition) is 1. The smallest absolute Gasteiger partial charge is 0.248 e. The van der Waals surface area contributed by atoms with Crippen molar-refractivity contribution in [1.82, 2.24) is 10.2 Å². The van der Waals surface area contributed by atoms with Gasteiger partial charge >= 0.3 is 0 Å². The van der Waals surface area contributed by atoms with Gasteiger partial charge in [-0.2, -0.15) is 0 Å². The Hall–Kier alpha value is -0.910. The maximum absolute atomic E-state index is 12.8. The third-order valence-corrected chi connectivity index (χ3v) is 5.58. The minimum Gasteiger partial charge on any atom is -0.342 e. The molecule has 2 rings (SSSR count). The second-order valence-electron chi connectivity index (χ2n) is 5.67. The van der Waals surface area contributed by atoms with E-state index in [1.54, 1.807) is 4.90 Å². The average molecular weight is 300 g/mol. The van der Waals surface area contributed by atoms with E-state index >= 15 is 0 Å². The molecule has 1 heterocycles. The zero-order valence-corrected chi connectivity index (χ0v) is 13.0. The van der Waals surface area contributed by atoms with E-state index in [9.17, 15) is 13.8 Å². The van der Waals surface area contributed by atoms with Gasteiger partial charge in [0.2, 0.25) is 11.8 Å². The molecule has 1 atom stereocenters. The molecule has 114 valence electrons. The molecule has 1 N–H and O–H groups in total. The molecule has 1 saturated heterocycles. The number of carbonyl (C=O) groups excluding carboxylic acids is 2. The molecule has 1 spiro atoms. The molecule has 1 saturated carbocycles. The van der Waals surface area contributed by atoms with Crippen LogP contribution in [0, 0.1) is 0 Å². The lowest BCUT2D eigenvalue weighted by Gasteiger charge is -2.38. The van der Waals surface area contributed by atoms with Gasteiger partial charge in [-0.05, 0) is 12.8 Å². The second kappa shape index (κ2) is 6.70. The highest BCUT2D eigenvalue weighted by molar-refractivity contribution is 7.84. The Labute approximate surface area is 122 Å². The van der Waals surface area contributed by atoms with Gasteiger partial charge in [0.1, 0.15) is 5.54 Å². The van der Waals surface area contributed by atoms with Crippen molar-refractivity contribution in [3.05, 3.63) is 0 Å². The fraction of sp³-hybridized carbons (Fsp3) is 0.857. The van der Waals surface area contributed by atoms with Crippen molar-refractivity contribution in [3.63, 3.8) is 0 Å². The van der Waals surface area contributed by atoms with Gasteiger partial charge in [0.25, 0.3) is 0 Å². The normalized spacial score (nSPS) is 24.4. The van der Waals surface area contributed by atoms with Crippen molar-refractivity contribution in [2.24, 2.45) is 0 Å². The van der Waals surface area contributed by atoms with E-state index < -0.39 is 16.3 Å². The highest BCUT2D eigenvalue weighted by Crippen LogP contribution is 2.31. The summed E-state index contributed by atoms with van der Waals surface area (Å²) in [6.45, 7) is 2.83. The van der Waals surface area contributed by atoms with Gasteiger partial charge in [0.15, 0.2) is 0 Å². The Morgan fingerprint density at radius 1 is 1.25 bits per heavy atom. The topological polar surface area (TPSA) is 66.5 Å². The van der Waals surface area contributed by atoms with Crippen LogP contribution in [0.4, 0.5) is 0 Å². The van der Waals surface area contributed by atoms with Gasteiger partial charge in [0, 0.05) is 41.8 Å². The summed E-state index contributed by atoms with van der Waals surface area (Å²) in [5, 5.41) is 2.97. The van der Waals surface area contributed by atoms with E-state index in [0.717, 1.165) is 32.1 Å². The second-order valence-corrected chi connectivity index (χ2v) is 7.53. The predicted molar refractivity (Wildman–Crippen MR) is 78.7 cm³/mol. The summed E-state index contributed by atoms with van der Waals surface area (Å²) in [5.74, 6) is 1.13. The number of hydrogen-bond acceptors (Lipinski definition) is 3. The molecular weight excluding hydrogens is 276 g/mol. The quantitative estimate of drug-likeness (QED) is 0.835. The largest absolute Gasteiger partial charge is 0.342 e. The van der Waals surface area contributed by atoms with Crippen molar-refractivity contribution in [2.75, 3.05) is 24.6 Å². The van der Waals surface area contributed by atoms with Crippen LogP contribution in [0.15, 0.2) is 0 Å². The van der Waals surface area contributed by atoms with Gasteiger partial charge in [0.05, 0.1) is 0 Å². The summed E-state index contributed by atoms with van der Waals surface area (Å²) in [5.41, 5.74) is -0.681. The molecule has 2 fully saturated rings. The van der Waals surface area contributed by atoms with Gasteiger partial charge in [-0.15, -0.1) is 0 Å². The van der Waals surface area contributed by atoms with Crippen LogP contribution in [-0.2, 0) is 20.4 Å². The number of rotatable bonds is 4. The van der Waals surface area contributed by atoms with Crippen LogP contribution in [0.1, 0.15) is 45.4 Å². The van der Waals surface area contributed by atoms with Crippen molar-refractivity contribution in [1.29, 1.82) is 0 Å². The standard InChI is InChI=1S/C14H24N2O3S/c1-2-20(19)11-10-16-9-6-12(17)15-14(13(16)18)7-4-3-5-8-14/h2-11H2,1H3,(H,15,17). The SMILES string of the molecule is CCS(=O)CCN1CCC(=O)NC2(CCCCC2)C1=O. The van der Waals surface area contributed by atoms with Gasteiger partial charge in [-0.1, -0.05) is 26.2 Å². The van der Waals surface area contributed by atoms with Crippen LogP contribution in [0.25, 0.3) is 0 Å². The molecule has 0 radical (unpaired) electrons. The number of nitrogens with one attached hydrogen (secondary N) is 1. The summed E-state index contributed by atoms with van der Waals surface area (Å²) in [6, 6.07) is 0. The Balaban J connectivity index is 2.10. The van der Waals surface area contributed by atoms with Crippen LogP contribution in [0.3, 0.4) is 0 Å². The lowest BCUT2D eigenvalue weighted by molar-refractivity contribution is -0.140. The van der Waals surface area contributed by atoms with Gasteiger partial charge < -0.3 is 10.2 Å². The third-order valence-electron chi connectivity index (χ3n) is 4.30. The molecule has 1 aliphatic heterocycles. The van der Waals surface area contributed by atoms with Crippen LogP contribution in [0.5, 0.6) is 0 Å². The number of carbonyl (C=O) groups is 2. The maximum Gasteiger partial charge on any atom is 0.248 e. The molecule has 1 aliphatic carbocycles. The molecule has 0 aromatic heterocycles. The van der Waals surface area contributed by atoms with E-state index in [1.165, 1.54) is 0 Å². The highest BCUT2D eigenvalue weighted by Gasteiger charge is 2.44. The molecular formula is C14H24N2O3S. The van der Waals surface area contributed by atoms with Crippen molar-refractivity contribution in [2.45, 2.75) is 51.0 Å². The minimum absolute atomic E-state index is 0.0284. The van der Waals surface area contributed by atoms with Crippen LogP contribution in [-0.4, -0.2) is 51.1 Å². The molecule has 1 unspecified atom stereocenters. The Kier molecular flexibility index (Phi) is 5.18. The molecule has 6 heteroatoms. The lowest BCUT2D eigenvalue weighted by atomic mass is 9.80. The zero-order valence-electron chi connectivity index (χ0n) is 12.2. The van der Waals surface area contributed by atoms with Crippen molar-refractivity contribution >= 4 is 22.6 Å². The Morgan fingerprint density at radius 3 is 2.60 bits per heavy atom. The van der Waals surface area contributed by atoms with Crippen LogP contribution in [0.2, 0.25) is 0 Å². The van der Waals surface area contributed by atoms with E-state index in [2.05, 4.69) is 5.32 Å². The van der Waals surface area contributed by atoms with Gasteiger partial charge in [-0.3, -0.25) is 13.8 Å². The zero-order chi connectivity index (χ0) is 14.6.